The van der Waals surface area contributed by atoms with E-state index >= 15 is 0 Å². The van der Waals surface area contributed by atoms with Crippen LogP contribution in [0, 0.1) is 11.2 Å². The predicted octanol–water partition coefficient (Wildman–Crippen LogP) is 2.85. The molecule has 1 aromatic rings. The molecule has 2 rings (SSSR count). The molecular weight excluding hydrogens is 346 g/mol. The third-order valence-electron chi connectivity index (χ3n) is 4.21. The molecule has 25 heavy (non-hydrogen) atoms. The second kappa shape index (κ2) is 6.20. The Hall–Kier alpha value is -2.32. The average Bonchev–Trinajstić information content (AvgIpc) is 2.95. The summed E-state index contributed by atoms with van der Waals surface area (Å²) in [6.45, 7) is 1.39. The predicted molar refractivity (Wildman–Crippen MR) is 78.4 cm³/mol. The Morgan fingerprint density at radius 3 is 2.20 bits per heavy atom. The van der Waals surface area contributed by atoms with Crippen LogP contribution >= 0.6 is 0 Å². The van der Waals surface area contributed by atoms with Gasteiger partial charge in [-0.1, -0.05) is 0 Å². The number of carbonyl (C=O) groups is 2. The summed E-state index contributed by atoms with van der Waals surface area (Å²) in [5, 5.41) is 9.04. The van der Waals surface area contributed by atoms with Crippen LogP contribution in [-0.2, 0) is 9.59 Å². The summed E-state index contributed by atoms with van der Waals surface area (Å²) in [6.07, 6.45) is -5.69. The molecule has 0 spiro atoms. The number of ether oxygens (including phenoxy) is 1. The minimum absolute atomic E-state index is 0.166. The zero-order chi connectivity index (χ0) is 19.0. The number of hydrogen-bond donors (Lipinski definition) is 1. The topological polar surface area (TPSA) is 66.8 Å². The largest absolute Gasteiger partial charge is 0.481 e. The first kappa shape index (κ1) is 19.0. The number of carboxylic acid groups (broad SMARTS) is 1. The van der Waals surface area contributed by atoms with Crippen molar-refractivity contribution in [2.24, 2.45) is 5.41 Å². The average molecular weight is 363 g/mol. The number of hydrogen-bond acceptors (Lipinski definition) is 3. The molecule has 1 atom stereocenters. The SMILES string of the molecule is CC(C)(Oc1ccc(F)cc1)C(=O)N1CCC(C(=O)O)(C(F)(F)F)C1. The van der Waals surface area contributed by atoms with Crippen LogP contribution in [0.3, 0.4) is 0 Å². The summed E-state index contributed by atoms with van der Waals surface area (Å²) in [6, 6.07) is 4.80. The lowest BCUT2D eigenvalue weighted by atomic mass is 9.86. The van der Waals surface area contributed by atoms with Gasteiger partial charge in [0.25, 0.3) is 5.91 Å². The van der Waals surface area contributed by atoms with Gasteiger partial charge in [-0.3, -0.25) is 9.59 Å². The van der Waals surface area contributed by atoms with Crippen LogP contribution in [0.25, 0.3) is 0 Å². The van der Waals surface area contributed by atoms with Crippen LogP contribution < -0.4 is 4.74 Å². The molecule has 0 aromatic heterocycles. The highest BCUT2D eigenvalue weighted by Gasteiger charge is 2.64. The molecule has 5 nitrogen and oxygen atoms in total. The maximum absolute atomic E-state index is 13.2. The van der Waals surface area contributed by atoms with Gasteiger partial charge >= 0.3 is 12.1 Å². The molecule has 0 aliphatic carbocycles. The van der Waals surface area contributed by atoms with E-state index in [-0.39, 0.29) is 12.3 Å². The Morgan fingerprint density at radius 2 is 1.76 bits per heavy atom. The second-order valence-corrected chi connectivity index (χ2v) is 6.43. The van der Waals surface area contributed by atoms with E-state index in [1.807, 2.05) is 0 Å². The Labute approximate surface area is 141 Å². The van der Waals surface area contributed by atoms with Gasteiger partial charge in [-0.05, 0) is 44.5 Å². The van der Waals surface area contributed by atoms with Gasteiger partial charge in [0.15, 0.2) is 11.0 Å². The van der Waals surface area contributed by atoms with E-state index in [0.717, 1.165) is 17.0 Å². The molecule has 0 radical (unpaired) electrons. The Kier molecular flexibility index (Phi) is 4.71. The number of rotatable bonds is 4. The van der Waals surface area contributed by atoms with E-state index in [1.54, 1.807) is 0 Å². The third kappa shape index (κ3) is 3.54. The monoisotopic (exact) mass is 363 g/mol. The summed E-state index contributed by atoms with van der Waals surface area (Å²) in [5.41, 5.74) is -4.52. The van der Waals surface area contributed by atoms with Gasteiger partial charge in [0, 0.05) is 13.1 Å². The number of likely N-dealkylation sites (tertiary alicyclic amines) is 1. The molecule has 1 aromatic carbocycles. The first-order valence-electron chi connectivity index (χ1n) is 7.43. The van der Waals surface area contributed by atoms with Crippen molar-refractivity contribution in [1.82, 2.24) is 4.90 Å². The first-order chi connectivity index (χ1) is 11.4. The number of aliphatic carboxylic acids is 1. The molecular formula is C16H17F4NO4. The van der Waals surface area contributed by atoms with Gasteiger partial charge in [0.2, 0.25) is 0 Å². The van der Waals surface area contributed by atoms with Gasteiger partial charge in [0.1, 0.15) is 11.6 Å². The third-order valence-corrected chi connectivity index (χ3v) is 4.21. The van der Waals surface area contributed by atoms with Crippen molar-refractivity contribution in [3.05, 3.63) is 30.1 Å². The Morgan fingerprint density at radius 1 is 1.20 bits per heavy atom. The first-order valence-corrected chi connectivity index (χ1v) is 7.43. The molecule has 1 heterocycles. The van der Waals surface area contributed by atoms with Crippen LogP contribution in [-0.4, -0.2) is 46.7 Å². The fraction of sp³-hybridized carbons (Fsp3) is 0.500. The zero-order valence-corrected chi connectivity index (χ0v) is 13.6. The van der Waals surface area contributed by atoms with Gasteiger partial charge in [0.05, 0.1) is 0 Å². The van der Waals surface area contributed by atoms with Crippen LogP contribution in [0.15, 0.2) is 24.3 Å². The molecule has 1 saturated heterocycles. The lowest BCUT2D eigenvalue weighted by Gasteiger charge is -2.32. The van der Waals surface area contributed by atoms with Crippen molar-refractivity contribution in [2.45, 2.75) is 32.0 Å². The van der Waals surface area contributed by atoms with Gasteiger partial charge in [-0.15, -0.1) is 0 Å². The maximum atomic E-state index is 13.2. The highest BCUT2D eigenvalue weighted by atomic mass is 19.4. The van der Waals surface area contributed by atoms with Gasteiger partial charge in [-0.2, -0.15) is 13.2 Å². The fourth-order valence-electron chi connectivity index (χ4n) is 2.73. The highest BCUT2D eigenvalue weighted by Crippen LogP contribution is 2.46. The van der Waals surface area contributed by atoms with E-state index < -0.39 is 47.9 Å². The van der Waals surface area contributed by atoms with E-state index in [9.17, 15) is 27.2 Å². The molecule has 1 fully saturated rings. The molecule has 0 saturated carbocycles. The van der Waals surface area contributed by atoms with Crippen LogP contribution in [0.2, 0.25) is 0 Å². The molecule has 1 N–H and O–H groups in total. The second-order valence-electron chi connectivity index (χ2n) is 6.43. The fourth-order valence-corrected chi connectivity index (χ4v) is 2.73. The van der Waals surface area contributed by atoms with E-state index in [1.165, 1.54) is 26.0 Å². The van der Waals surface area contributed by atoms with Crippen LogP contribution in [0.4, 0.5) is 17.6 Å². The molecule has 1 aliphatic rings. The van der Waals surface area contributed by atoms with Crippen molar-refractivity contribution in [1.29, 1.82) is 0 Å². The standard InChI is InChI=1S/C16H17F4NO4/c1-14(2,25-11-5-3-10(17)4-6-11)12(22)21-8-7-15(9-21,13(23)24)16(18,19)20/h3-6H,7-9H2,1-2H3,(H,23,24). The summed E-state index contributed by atoms with van der Waals surface area (Å²) in [4.78, 5) is 24.6. The molecule has 1 unspecified atom stereocenters. The summed E-state index contributed by atoms with van der Waals surface area (Å²) in [5.74, 6) is -3.12. The Bertz CT molecular complexity index is 672. The van der Waals surface area contributed by atoms with Crippen molar-refractivity contribution in [3.63, 3.8) is 0 Å². The van der Waals surface area contributed by atoms with Crippen molar-refractivity contribution in [2.75, 3.05) is 13.1 Å². The van der Waals surface area contributed by atoms with Gasteiger partial charge in [-0.25, -0.2) is 4.39 Å². The quantitative estimate of drug-likeness (QED) is 0.836. The number of carbonyl (C=O) groups excluding carboxylic acids is 1. The van der Waals surface area contributed by atoms with Crippen molar-refractivity contribution < 1.29 is 37.0 Å². The smallest absolute Gasteiger partial charge is 0.406 e. The minimum atomic E-state index is -4.98. The Balaban J connectivity index is 2.17. The van der Waals surface area contributed by atoms with Crippen LogP contribution in [0.1, 0.15) is 20.3 Å². The lowest BCUT2D eigenvalue weighted by Crippen LogP contribution is -2.52. The number of carboxylic acids is 1. The summed E-state index contributed by atoms with van der Waals surface area (Å²) in [7, 11) is 0. The van der Waals surface area contributed by atoms with E-state index in [4.69, 9.17) is 9.84 Å². The lowest BCUT2D eigenvalue weighted by molar-refractivity contribution is -0.227. The number of benzene rings is 1. The highest BCUT2D eigenvalue weighted by molar-refractivity contribution is 5.87. The van der Waals surface area contributed by atoms with E-state index in [2.05, 4.69) is 0 Å². The summed E-state index contributed by atoms with van der Waals surface area (Å²) < 4.78 is 58.0. The number of alkyl halides is 3. The zero-order valence-electron chi connectivity index (χ0n) is 13.6. The van der Waals surface area contributed by atoms with Crippen LogP contribution in [0.5, 0.6) is 5.75 Å². The molecule has 1 amide bonds. The molecule has 1 aliphatic heterocycles. The maximum Gasteiger partial charge on any atom is 0.406 e. The number of halogens is 4. The number of amides is 1. The summed E-state index contributed by atoms with van der Waals surface area (Å²) >= 11 is 0. The number of nitrogens with zero attached hydrogens (tertiary/aromatic N) is 1. The normalized spacial score (nSPS) is 21.3. The molecule has 138 valence electrons. The van der Waals surface area contributed by atoms with Crippen molar-refractivity contribution >= 4 is 11.9 Å². The van der Waals surface area contributed by atoms with Crippen molar-refractivity contribution in [3.8, 4) is 5.75 Å². The minimum Gasteiger partial charge on any atom is -0.481 e. The van der Waals surface area contributed by atoms with E-state index in [0.29, 0.717) is 0 Å². The molecule has 0 bridgehead atoms. The van der Waals surface area contributed by atoms with Gasteiger partial charge < -0.3 is 14.7 Å². The molecule has 9 heteroatoms.